The largest absolute Gasteiger partial charge is 0.325 e. The highest BCUT2D eigenvalue weighted by molar-refractivity contribution is 5.93. The van der Waals surface area contributed by atoms with E-state index >= 15 is 0 Å². The lowest BCUT2D eigenvalue weighted by atomic mass is 9.90. The second-order valence-corrected chi connectivity index (χ2v) is 4.48. The quantitative estimate of drug-likeness (QED) is 0.835. The average molecular weight is 232 g/mol. The van der Waals surface area contributed by atoms with Gasteiger partial charge in [0.05, 0.1) is 6.54 Å². The Balaban J connectivity index is 2.08. The van der Waals surface area contributed by atoms with Gasteiger partial charge >= 0.3 is 0 Å². The molecule has 1 aromatic carbocycles. The van der Waals surface area contributed by atoms with Gasteiger partial charge in [-0.25, -0.2) is 0 Å². The first-order chi connectivity index (χ1) is 8.31. The minimum Gasteiger partial charge on any atom is -0.325 e. The molecule has 1 aliphatic rings. The Hall–Kier alpha value is -1.35. The van der Waals surface area contributed by atoms with Crippen LogP contribution in [0.1, 0.15) is 30.9 Å². The Kier molecular flexibility index (Phi) is 4.15. The summed E-state index contributed by atoms with van der Waals surface area (Å²) in [6, 6.07) is 6.22. The third kappa shape index (κ3) is 3.07. The highest BCUT2D eigenvalue weighted by Gasteiger charge is 2.13. The summed E-state index contributed by atoms with van der Waals surface area (Å²) < 4.78 is 0. The van der Waals surface area contributed by atoms with Gasteiger partial charge in [0.15, 0.2) is 0 Å². The zero-order valence-electron chi connectivity index (χ0n) is 10.4. The molecule has 17 heavy (non-hydrogen) atoms. The van der Waals surface area contributed by atoms with Gasteiger partial charge in [-0.05, 0) is 49.4 Å². The number of fused-ring (bicyclic) bond motifs is 1. The van der Waals surface area contributed by atoms with Crippen LogP contribution in [0.4, 0.5) is 5.69 Å². The van der Waals surface area contributed by atoms with Crippen molar-refractivity contribution >= 4 is 11.6 Å². The Bertz CT molecular complexity index is 401. The van der Waals surface area contributed by atoms with Crippen molar-refractivity contribution in [2.45, 2.75) is 32.6 Å². The van der Waals surface area contributed by atoms with Crippen molar-refractivity contribution in [1.82, 2.24) is 5.32 Å². The predicted octanol–water partition coefficient (Wildman–Crippen LogP) is 2.11. The molecule has 0 aromatic heterocycles. The molecular weight excluding hydrogens is 212 g/mol. The standard InChI is InChI=1S/C14H20N2O/c1-2-15-10-14(17)16-13-9-5-7-11-6-3-4-8-12(11)13/h5,7,9,15H,2-4,6,8,10H2,1H3,(H,16,17). The maximum absolute atomic E-state index is 11.7. The number of hydrogen-bond donors (Lipinski definition) is 2. The second-order valence-electron chi connectivity index (χ2n) is 4.48. The number of carbonyl (C=O) groups excluding carboxylic acids is 1. The van der Waals surface area contributed by atoms with Crippen molar-refractivity contribution in [3.8, 4) is 0 Å². The maximum Gasteiger partial charge on any atom is 0.238 e. The molecule has 2 rings (SSSR count). The number of aryl methyl sites for hydroxylation is 1. The summed E-state index contributed by atoms with van der Waals surface area (Å²) in [4.78, 5) is 11.7. The van der Waals surface area contributed by atoms with Gasteiger partial charge < -0.3 is 10.6 Å². The fourth-order valence-electron chi connectivity index (χ4n) is 2.33. The third-order valence-corrected chi connectivity index (χ3v) is 3.21. The molecule has 0 aliphatic heterocycles. The molecule has 3 nitrogen and oxygen atoms in total. The summed E-state index contributed by atoms with van der Waals surface area (Å²) in [5.41, 5.74) is 3.74. The zero-order valence-corrected chi connectivity index (χ0v) is 10.4. The topological polar surface area (TPSA) is 41.1 Å². The van der Waals surface area contributed by atoms with Crippen LogP contribution in [0.15, 0.2) is 18.2 Å². The van der Waals surface area contributed by atoms with Crippen molar-refractivity contribution < 1.29 is 4.79 Å². The maximum atomic E-state index is 11.7. The van der Waals surface area contributed by atoms with Crippen LogP contribution in [0, 0.1) is 0 Å². The molecule has 1 aromatic rings. The highest BCUT2D eigenvalue weighted by Crippen LogP contribution is 2.27. The summed E-state index contributed by atoms with van der Waals surface area (Å²) in [6.07, 6.45) is 4.73. The molecule has 1 amide bonds. The number of benzene rings is 1. The average Bonchev–Trinajstić information content (AvgIpc) is 2.37. The van der Waals surface area contributed by atoms with E-state index in [2.05, 4.69) is 16.7 Å². The molecule has 0 heterocycles. The first-order valence-corrected chi connectivity index (χ1v) is 6.42. The van der Waals surface area contributed by atoms with Gasteiger partial charge in [-0.15, -0.1) is 0 Å². The number of carbonyl (C=O) groups is 1. The zero-order chi connectivity index (χ0) is 12.1. The van der Waals surface area contributed by atoms with E-state index in [0.717, 1.165) is 25.1 Å². The minimum atomic E-state index is 0.0471. The van der Waals surface area contributed by atoms with Crippen LogP contribution >= 0.6 is 0 Å². The normalized spacial score (nSPS) is 14.2. The lowest BCUT2D eigenvalue weighted by Gasteiger charge is -2.19. The highest BCUT2D eigenvalue weighted by atomic mass is 16.1. The molecule has 0 fully saturated rings. The van der Waals surface area contributed by atoms with Gasteiger partial charge in [-0.2, -0.15) is 0 Å². The summed E-state index contributed by atoms with van der Waals surface area (Å²) >= 11 is 0. The van der Waals surface area contributed by atoms with Crippen LogP contribution in [-0.4, -0.2) is 19.0 Å². The van der Waals surface area contributed by atoms with Crippen LogP contribution in [0.5, 0.6) is 0 Å². The Morgan fingerprint density at radius 1 is 1.29 bits per heavy atom. The van der Waals surface area contributed by atoms with Gasteiger partial charge in [-0.1, -0.05) is 19.1 Å². The molecular formula is C14H20N2O. The summed E-state index contributed by atoms with van der Waals surface area (Å²) in [5.74, 6) is 0.0471. The lowest BCUT2D eigenvalue weighted by molar-refractivity contribution is -0.115. The number of rotatable bonds is 4. The molecule has 0 radical (unpaired) electrons. The Morgan fingerprint density at radius 2 is 2.12 bits per heavy atom. The summed E-state index contributed by atoms with van der Waals surface area (Å²) in [5, 5.41) is 6.04. The van der Waals surface area contributed by atoms with Gasteiger partial charge in [0.2, 0.25) is 5.91 Å². The van der Waals surface area contributed by atoms with Crippen molar-refractivity contribution in [2.75, 3.05) is 18.4 Å². The molecule has 0 saturated carbocycles. The van der Waals surface area contributed by atoms with Crippen LogP contribution in [-0.2, 0) is 17.6 Å². The fourth-order valence-corrected chi connectivity index (χ4v) is 2.33. The SMILES string of the molecule is CCNCC(=O)Nc1cccc2c1CCCC2. The number of amides is 1. The van der Waals surface area contributed by atoms with Gasteiger partial charge in [0.25, 0.3) is 0 Å². The Labute approximate surface area is 103 Å². The fraction of sp³-hybridized carbons (Fsp3) is 0.500. The predicted molar refractivity (Wildman–Crippen MR) is 70.3 cm³/mol. The molecule has 0 saturated heterocycles. The van der Waals surface area contributed by atoms with E-state index in [0.29, 0.717) is 6.54 Å². The molecule has 3 heteroatoms. The van der Waals surface area contributed by atoms with Crippen molar-refractivity contribution in [1.29, 1.82) is 0 Å². The van der Waals surface area contributed by atoms with E-state index in [1.165, 1.54) is 24.0 Å². The van der Waals surface area contributed by atoms with Crippen molar-refractivity contribution in [3.05, 3.63) is 29.3 Å². The van der Waals surface area contributed by atoms with E-state index in [1.54, 1.807) is 0 Å². The van der Waals surface area contributed by atoms with E-state index in [4.69, 9.17) is 0 Å². The van der Waals surface area contributed by atoms with Crippen LogP contribution < -0.4 is 10.6 Å². The molecule has 0 spiro atoms. The van der Waals surface area contributed by atoms with Gasteiger partial charge in [0.1, 0.15) is 0 Å². The monoisotopic (exact) mass is 232 g/mol. The Morgan fingerprint density at radius 3 is 2.94 bits per heavy atom. The summed E-state index contributed by atoms with van der Waals surface area (Å²) in [7, 11) is 0. The van der Waals surface area contributed by atoms with Crippen LogP contribution in [0.25, 0.3) is 0 Å². The number of anilines is 1. The van der Waals surface area contributed by atoms with Gasteiger partial charge in [0, 0.05) is 5.69 Å². The number of hydrogen-bond acceptors (Lipinski definition) is 2. The first-order valence-electron chi connectivity index (χ1n) is 6.42. The van der Waals surface area contributed by atoms with E-state index in [9.17, 15) is 4.79 Å². The van der Waals surface area contributed by atoms with Crippen molar-refractivity contribution in [2.24, 2.45) is 0 Å². The first kappa shape index (κ1) is 12.1. The van der Waals surface area contributed by atoms with E-state index in [-0.39, 0.29) is 5.91 Å². The van der Waals surface area contributed by atoms with Crippen LogP contribution in [0.3, 0.4) is 0 Å². The summed E-state index contributed by atoms with van der Waals surface area (Å²) in [6.45, 7) is 3.21. The number of nitrogens with one attached hydrogen (secondary N) is 2. The molecule has 1 aliphatic carbocycles. The van der Waals surface area contributed by atoms with E-state index < -0.39 is 0 Å². The minimum absolute atomic E-state index is 0.0471. The molecule has 0 bridgehead atoms. The van der Waals surface area contributed by atoms with Crippen LogP contribution in [0.2, 0.25) is 0 Å². The van der Waals surface area contributed by atoms with Gasteiger partial charge in [-0.3, -0.25) is 4.79 Å². The second kappa shape index (κ2) is 5.82. The molecule has 0 unspecified atom stereocenters. The smallest absolute Gasteiger partial charge is 0.238 e. The third-order valence-electron chi connectivity index (χ3n) is 3.21. The molecule has 92 valence electrons. The molecule has 2 N–H and O–H groups in total. The molecule has 0 atom stereocenters. The lowest BCUT2D eigenvalue weighted by Crippen LogP contribution is -2.28. The van der Waals surface area contributed by atoms with Crippen molar-refractivity contribution in [3.63, 3.8) is 0 Å². The number of likely N-dealkylation sites (N-methyl/N-ethyl adjacent to an activating group) is 1. The van der Waals surface area contributed by atoms with E-state index in [1.807, 2.05) is 19.1 Å².